The lowest BCUT2D eigenvalue weighted by Crippen LogP contribution is -2.34. The Labute approximate surface area is 118 Å². The Morgan fingerprint density at radius 1 is 1.28 bits per heavy atom. The smallest absolute Gasteiger partial charge is 0.0493 e. The summed E-state index contributed by atoms with van der Waals surface area (Å²) in [6.07, 6.45) is 5.92. The molecule has 3 heteroatoms. The van der Waals surface area contributed by atoms with Gasteiger partial charge >= 0.3 is 0 Å². The van der Waals surface area contributed by atoms with E-state index in [0.717, 1.165) is 34.4 Å². The molecule has 0 heterocycles. The first kappa shape index (κ1) is 12.8. The summed E-state index contributed by atoms with van der Waals surface area (Å²) in [5.41, 5.74) is 1.14. The molecule has 0 radical (unpaired) electrons. The maximum absolute atomic E-state index is 9.88. The van der Waals surface area contributed by atoms with Gasteiger partial charge in [0.05, 0.1) is 0 Å². The largest absolute Gasteiger partial charge is 0.396 e. The molecule has 1 N–H and O–H groups in total. The Hall–Kier alpha value is -0.240. The van der Waals surface area contributed by atoms with Gasteiger partial charge < -0.3 is 5.11 Å². The Balaban J connectivity index is 1.88. The Morgan fingerprint density at radius 3 is 2.72 bits per heavy atom. The molecule has 0 spiro atoms. The minimum Gasteiger partial charge on any atom is -0.396 e. The first-order chi connectivity index (χ1) is 8.63. The monoisotopic (exact) mass is 284 g/mol. The zero-order chi connectivity index (χ0) is 12.8. The number of aliphatic hydroxyl groups is 1. The maximum Gasteiger partial charge on any atom is 0.0493 e. The van der Waals surface area contributed by atoms with Gasteiger partial charge in [-0.3, -0.25) is 0 Å². The molecule has 0 aromatic heterocycles. The molecule has 2 fully saturated rings. The van der Waals surface area contributed by atoms with E-state index in [1.165, 1.54) is 19.3 Å². The van der Waals surface area contributed by atoms with Crippen molar-refractivity contribution in [3.8, 4) is 0 Å². The van der Waals surface area contributed by atoms with E-state index in [0.29, 0.717) is 5.92 Å². The van der Waals surface area contributed by atoms with Crippen LogP contribution in [-0.2, 0) is 6.42 Å². The average molecular weight is 285 g/mol. The number of halogens is 2. The van der Waals surface area contributed by atoms with Gasteiger partial charge in [-0.2, -0.15) is 0 Å². The Bertz CT molecular complexity index is 460. The van der Waals surface area contributed by atoms with Crippen molar-refractivity contribution < 1.29 is 5.11 Å². The first-order valence-electron chi connectivity index (χ1n) is 6.68. The lowest BCUT2D eigenvalue weighted by molar-refractivity contribution is 0.0652. The predicted octanol–water partition coefficient (Wildman–Crippen LogP) is 4.33. The molecule has 18 heavy (non-hydrogen) atoms. The summed E-state index contributed by atoms with van der Waals surface area (Å²) < 4.78 is 0. The molecule has 3 unspecified atom stereocenters. The lowest BCUT2D eigenvalue weighted by Gasteiger charge is -2.36. The molecule has 3 rings (SSSR count). The second-order valence-corrected chi connectivity index (χ2v) is 6.86. The third kappa shape index (κ3) is 2.07. The molecular weight excluding hydrogens is 267 g/mol. The van der Waals surface area contributed by atoms with Crippen LogP contribution in [0.1, 0.15) is 31.2 Å². The highest BCUT2D eigenvalue weighted by atomic mass is 35.5. The summed E-state index contributed by atoms with van der Waals surface area (Å²) in [7, 11) is 0. The number of aliphatic hydroxyl groups excluding tert-OH is 1. The standard InChI is InChI=1S/C15H18Cl2O/c16-13-3-4-14(17)11(6-13)8-15(9-18)7-10-1-2-12(15)5-10/h3-4,6,10,12,18H,1-2,5,7-9H2. The molecule has 1 aromatic rings. The fourth-order valence-corrected chi connectivity index (χ4v) is 4.46. The van der Waals surface area contributed by atoms with Crippen molar-refractivity contribution in [2.75, 3.05) is 6.61 Å². The first-order valence-corrected chi connectivity index (χ1v) is 7.43. The molecule has 1 nitrogen and oxygen atoms in total. The number of fused-ring (bicyclic) bond motifs is 2. The van der Waals surface area contributed by atoms with Crippen LogP contribution in [0.25, 0.3) is 0 Å². The minimum absolute atomic E-state index is 0.0528. The SMILES string of the molecule is OCC1(Cc2cc(Cl)ccc2Cl)CC2CCC1C2. The van der Waals surface area contributed by atoms with E-state index in [1.54, 1.807) is 0 Å². The van der Waals surface area contributed by atoms with Crippen LogP contribution in [0, 0.1) is 17.3 Å². The summed E-state index contributed by atoms with van der Waals surface area (Å²) in [6, 6.07) is 5.63. The molecule has 2 aliphatic rings. The van der Waals surface area contributed by atoms with Crippen molar-refractivity contribution in [2.24, 2.45) is 17.3 Å². The second kappa shape index (κ2) is 4.70. The van der Waals surface area contributed by atoms with Gasteiger partial charge in [0, 0.05) is 22.1 Å². The van der Waals surface area contributed by atoms with Crippen LogP contribution in [0.5, 0.6) is 0 Å². The van der Waals surface area contributed by atoms with E-state index in [4.69, 9.17) is 23.2 Å². The van der Waals surface area contributed by atoms with Crippen LogP contribution in [0.4, 0.5) is 0 Å². The van der Waals surface area contributed by atoms with Gasteiger partial charge in [-0.25, -0.2) is 0 Å². The molecule has 0 aliphatic heterocycles. The lowest BCUT2D eigenvalue weighted by atomic mass is 9.70. The summed E-state index contributed by atoms with van der Waals surface area (Å²) in [6.45, 7) is 0.275. The fraction of sp³-hybridized carbons (Fsp3) is 0.600. The van der Waals surface area contributed by atoms with Crippen LogP contribution < -0.4 is 0 Å². The van der Waals surface area contributed by atoms with Gasteiger partial charge in [0.2, 0.25) is 0 Å². The molecular formula is C15H18Cl2O. The summed E-state index contributed by atoms with van der Waals surface area (Å²) in [5.74, 6) is 1.49. The zero-order valence-electron chi connectivity index (χ0n) is 10.3. The highest BCUT2D eigenvalue weighted by Crippen LogP contribution is 2.57. The number of rotatable bonds is 3. The summed E-state index contributed by atoms with van der Waals surface area (Å²) in [4.78, 5) is 0. The van der Waals surface area contributed by atoms with Crippen LogP contribution >= 0.6 is 23.2 Å². The molecule has 0 amide bonds. The van der Waals surface area contributed by atoms with E-state index < -0.39 is 0 Å². The molecule has 2 bridgehead atoms. The maximum atomic E-state index is 9.88. The third-order valence-corrected chi connectivity index (χ3v) is 5.57. The van der Waals surface area contributed by atoms with E-state index in [1.807, 2.05) is 18.2 Å². The van der Waals surface area contributed by atoms with Crippen LogP contribution in [-0.4, -0.2) is 11.7 Å². The van der Waals surface area contributed by atoms with Gasteiger partial charge in [0.25, 0.3) is 0 Å². The van der Waals surface area contributed by atoms with E-state index in [9.17, 15) is 5.11 Å². The van der Waals surface area contributed by atoms with Gasteiger partial charge in [0.15, 0.2) is 0 Å². The van der Waals surface area contributed by atoms with Crippen LogP contribution in [0.3, 0.4) is 0 Å². The van der Waals surface area contributed by atoms with Crippen LogP contribution in [0.2, 0.25) is 10.0 Å². The Morgan fingerprint density at radius 2 is 2.11 bits per heavy atom. The Kier molecular flexibility index (Phi) is 3.34. The second-order valence-electron chi connectivity index (χ2n) is 6.01. The van der Waals surface area contributed by atoms with Crippen LogP contribution in [0.15, 0.2) is 18.2 Å². The number of benzene rings is 1. The number of hydrogen-bond acceptors (Lipinski definition) is 1. The van der Waals surface area contributed by atoms with E-state index in [2.05, 4.69) is 0 Å². The molecule has 3 atom stereocenters. The van der Waals surface area contributed by atoms with Gasteiger partial charge in [-0.05, 0) is 61.3 Å². The fourth-order valence-electron chi connectivity index (χ4n) is 4.08. The van der Waals surface area contributed by atoms with Crippen molar-refractivity contribution in [3.05, 3.63) is 33.8 Å². The highest BCUT2D eigenvalue weighted by Gasteiger charge is 2.50. The molecule has 2 saturated carbocycles. The topological polar surface area (TPSA) is 20.2 Å². The van der Waals surface area contributed by atoms with Gasteiger partial charge in [0.1, 0.15) is 0 Å². The van der Waals surface area contributed by atoms with Gasteiger partial charge in [-0.15, -0.1) is 0 Å². The minimum atomic E-state index is 0.0528. The molecule has 2 aliphatic carbocycles. The third-order valence-electron chi connectivity index (χ3n) is 4.97. The molecule has 0 saturated heterocycles. The zero-order valence-corrected chi connectivity index (χ0v) is 11.8. The number of hydrogen-bond donors (Lipinski definition) is 1. The highest BCUT2D eigenvalue weighted by molar-refractivity contribution is 6.33. The normalized spacial score (nSPS) is 34.2. The van der Waals surface area contributed by atoms with Crippen molar-refractivity contribution >= 4 is 23.2 Å². The predicted molar refractivity (Wildman–Crippen MR) is 75.1 cm³/mol. The quantitative estimate of drug-likeness (QED) is 0.876. The van der Waals surface area contributed by atoms with E-state index in [-0.39, 0.29) is 12.0 Å². The van der Waals surface area contributed by atoms with E-state index >= 15 is 0 Å². The van der Waals surface area contributed by atoms with Crippen molar-refractivity contribution in [3.63, 3.8) is 0 Å². The average Bonchev–Trinajstić information content (AvgIpc) is 2.94. The summed E-state index contributed by atoms with van der Waals surface area (Å²) >= 11 is 12.3. The molecule has 98 valence electrons. The van der Waals surface area contributed by atoms with Crippen molar-refractivity contribution in [1.82, 2.24) is 0 Å². The van der Waals surface area contributed by atoms with Crippen molar-refractivity contribution in [1.29, 1.82) is 0 Å². The van der Waals surface area contributed by atoms with Crippen molar-refractivity contribution in [2.45, 2.75) is 32.1 Å². The molecule has 1 aromatic carbocycles. The summed E-state index contributed by atoms with van der Waals surface area (Å²) in [5, 5.41) is 11.4. The van der Waals surface area contributed by atoms with Gasteiger partial charge in [-0.1, -0.05) is 29.6 Å².